The minimum Gasteiger partial charge on any atom is -0.347 e. The summed E-state index contributed by atoms with van der Waals surface area (Å²) >= 11 is 0. The highest BCUT2D eigenvalue weighted by Crippen LogP contribution is 2.47. The van der Waals surface area contributed by atoms with Crippen LogP contribution in [0.3, 0.4) is 0 Å². The van der Waals surface area contributed by atoms with Gasteiger partial charge in [0.25, 0.3) is 0 Å². The van der Waals surface area contributed by atoms with Gasteiger partial charge in [-0.3, -0.25) is 4.79 Å². The highest BCUT2D eigenvalue weighted by Gasteiger charge is 2.63. The highest BCUT2D eigenvalue weighted by atomic mass is 32.2. The molecule has 1 aliphatic carbocycles. The molecule has 1 saturated heterocycles. The van der Waals surface area contributed by atoms with E-state index in [0.717, 1.165) is 5.56 Å². The predicted molar refractivity (Wildman–Crippen MR) is 63.1 cm³/mol. The van der Waals surface area contributed by atoms with Crippen LogP contribution in [0, 0.1) is 0 Å². The number of carbonyl (C=O) groups is 1. The zero-order valence-electron chi connectivity index (χ0n) is 9.22. The first kappa shape index (κ1) is 10.8. The van der Waals surface area contributed by atoms with E-state index in [1.165, 1.54) is 0 Å². The summed E-state index contributed by atoms with van der Waals surface area (Å²) in [6, 6.07) is 8.83. The average Bonchev–Trinajstić information content (AvgIpc) is 3.09. The van der Waals surface area contributed by atoms with Gasteiger partial charge in [-0.15, -0.1) is 0 Å². The second-order valence-electron chi connectivity index (χ2n) is 4.71. The minimum absolute atomic E-state index is 0.0166. The van der Waals surface area contributed by atoms with Crippen LogP contribution in [0.1, 0.15) is 24.4 Å². The summed E-state index contributed by atoms with van der Waals surface area (Å²) < 4.78 is 23.1. The Morgan fingerprint density at radius 2 is 1.82 bits per heavy atom. The zero-order chi connectivity index (χ0) is 12.1. The van der Waals surface area contributed by atoms with E-state index in [1.807, 2.05) is 30.3 Å². The molecule has 1 aromatic rings. The lowest BCUT2D eigenvalue weighted by atomic mass is 10.1. The van der Waals surface area contributed by atoms with Gasteiger partial charge in [-0.1, -0.05) is 30.3 Å². The van der Waals surface area contributed by atoms with Crippen molar-refractivity contribution in [3.05, 3.63) is 35.9 Å². The number of amides is 1. The van der Waals surface area contributed by atoms with Crippen LogP contribution in [0.2, 0.25) is 0 Å². The van der Waals surface area contributed by atoms with Gasteiger partial charge in [-0.2, -0.15) is 0 Å². The maximum Gasteiger partial charge on any atom is 0.241 e. The molecular formula is C12H13NO3S. The maximum atomic E-state index is 12.1. The van der Waals surface area contributed by atoms with E-state index in [2.05, 4.69) is 5.32 Å². The van der Waals surface area contributed by atoms with E-state index in [-0.39, 0.29) is 11.7 Å². The van der Waals surface area contributed by atoms with Crippen LogP contribution in [0.15, 0.2) is 30.3 Å². The van der Waals surface area contributed by atoms with E-state index in [1.54, 1.807) is 0 Å². The van der Waals surface area contributed by atoms with Gasteiger partial charge in [0, 0.05) is 0 Å². The maximum absolute atomic E-state index is 12.1. The number of hydrogen-bond donors (Lipinski definition) is 1. The summed E-state index contributed by atoms with van der Waals surface area (Å²) in [6.07, 6.45) is 0.950. The van der Waals surface area contributed by atoms with Crippen molar-refractivity contribution in [3.63, 3.8) is 0 Å². The van der Waals surface area contributed by atoms with Crippen LogP contribution in [-0.2, 0) is 14.6 Å². The first-order valence-corrected chi connectivity index (χ1v) is 7.29. The lowest BCUT2D eigenvalue weighted by molar-refractivity contribution is -0.122. The Bertz CT molecular complexity index is 561. The first-order chi connectivity index (χ1) is 8.05. The molecule has 1 heterocycles. The summed E-state index contributed by atoms with van der Waals surface area (Å²) in [5, 5.41) is 2.82. The van der Waals surface area contributed by atoms with Gasteiger partial charge >= 0.3 is 0 Å². The Balaban J connectivity index is 1.95. The second kappa shape index (κ2) is 3.32. The molecule has 2 fully saturated rings. The van der Waals surface area contributed by atoms with Crippen molar-refractivity contribution in [2.45, 2.75) is 23.6 Å². The number of hydrogen-bond acceptors (Lipinski definition) is 3. The van der Waals surface area contributed by atoms with Gasteiger partial charge in [0.05, 0.1) is 11.8 Å². The Labute approximate surface area is 99.9 Å². The quantitative estimate of drug-likeness (QED) is 0.803. The van der Waals surface area contributed by atoms with Crippen LogP contribution in [0.5, 0.6) is 0 Å². The standard InChI is InChI=1S/C12H13NO3S/c14-11-12(6-7-12)17(15,16)8-10(13-11)9-4-2-1-3-5-9/h1-5,10H,6-8H2,(H,13,14). The fraction of sp³-hybridized carbons (Fsp3) is 0.417. The molecule has 3 rings (SSSR count). The van der Waals surface area contributed by atoms with E-state index >= 15 is 0 Å². The summed E-state index contributed by atoms with van der Waals surface area (Å²) in [5.74, 6) is -0.305. The van der Waals surface area contributed by atoms with Crippen LogP contribution in [-0.4, -0.2) is 24.8 Å². The van der Waals surface area contributed by atoms with Crippen LogP contribution >= 0.6 is 0 Å². The molecule has 90 valence electrons. The Hall–Kier alpha value is -1.36. The molecular weight excluding hydrogens is 238 g/mol. The lowest BCUT2D eigenvalue weighted by Gasteiger charge is -2.29. The topological polar surface area (TPSA) is 63.2 Å². The fourth-order valence-electron chi connectivity index (χ4n) is 2.37. The van der Waals surface area contributed by atoms with E-state index in [9.17, 15) is 13.2 Å². The molecule has 2 aliphatic rings. The Morgan fingerprint density at radius 1 is 1.18 bits per heavy atom. The van der Waals surface area contributed by atoms with Gasteiger partial charge in [0.15, 0.2) is 14.6 Å². The van der Waals surface area contributed by atoms with Crippen molar-refractivity contribution in [3.8, 4) is 0 Å². The van der Waals surface area contributed by atoms with Gasteiger partial charge in [0.1, 0.15) is 0 Å². The summed E-state index contributed by atoms with van der Waals surface area (Å²) in [5.41, 5.74) is 0.847. The molecule has 0 bridgehead atoms. The molecule has 0 radical (unpaired) electrons. The summed E-state index contributed by atoms with van der Waals surface area (Å²) in [4.78, 5) is 11.9. The highest BCUT2D eigenvalue weighted by molar-refractivity contribution is 7.94. The van der Waals surface area contributed by atoms with Gasteiger partial charge < -0.3 is 5.32 Å². The van der Waals surface area contributed by atoms with Crippen molar-refractivity contribution in [2.75, 3.05) is 5.75 Å². The van der Waals surface area contributed by atoms with E-state index in [0.29, 0.717) is 12.8 Å². The largest absolute Gasteiger partial charge is 0.347 e. The third-order valence-electron chi connectivity index (χ3n) is 3.61. The van der Waals surface area contributed by atoms with Gasteiger partial charge in [0.2, 0.25) is 5.91 Å². The van der Waals surface area contributed by atoms with Gasteiger partial charge in [-0.05, 0) is 18.4 Å². The third-order valence-corrected chi connectivity index (χ3v) is 6.16. The second-order valence-corrected chi connectivity index (χ2v) is 7.06. The summed E-state index contributed by atoms with van der Waals surface area (Å²) in [7, 11) is -3.31. The molecule has 17 heavy (non-hydrogen) atoms. The number of sulfone groups is 1. The van der Waals surface area contributed by atoms with E-state index in [4.69, 9.17) is 0 Å². The van der Waals surface area contributed by atoms with Crippen LogP contribution < -0.4 is 5.32 Å². The SMILES string of the molecule is O=C1NC(c2ccccc2)CS(=O)(=O)C12CC2. The summed E-state index contributed by atoms with van der Waals surface area (Å²) in [6.45, 7) is 0. The monoisotopic (exact) mass is 251 g/mol. The molecule has 1 N–H and O–H groups in total. The molecule has 1 unspecified atom stereocenters. The van der Waals surface area contributed by atoms with Crippen molar-refractivity contribution < 1.29 is 13.2 Å². The molecule has 5 heteroatoms. The molecule has 1 aliphatic heterocycles. The van der Waals surface area contributed by atoms with Crippen LogP contribution in [0.25, 0.3) is 0 Å². The van der Waals surface area contributed by atoms with Gasteiger partial charge in [-0.25, -0.2) is 8.42 Å². The molecule has 1 saturated carbocycles. The molecule has 1 atom stereocenters. The number of rotatable bonds is 1. The smallest absolute Gasteiger partial charge is 0.241 e. The van der Waals surface area contributed by atoms with Crippen molar-refractivity contribution in [1.29, 1.82) is 0 Å². The number of carbonyl (C=O) groups excluding carboxylic acids is 1. The fourth-order valence-corrected chi connectivity index (χ4v) is 4.47. The predicted octanol–water partition coefficient (Wildman–Crippen LogP) is 0.805. The molecule has 1 aromatic carbocycles. The Kier molecular flexibility index (Phi) is 2.10. The molecule has 1 spiro atoms. The van der Waals surface area contributed by atoms with E-state index < -0.39 is 20.6 Å². The minimum atomic E-state index is -3.31. The van der Waals surface area contributed by atoms with Crippen molar-refractivity contribution >= 4 is 15.7 Å². The Morgan fingerprint density at radius 3 is 2.35 bits per heavy atom. The van der Waals surface area contributed by atoms with Crippen molar-refractivity contribution in [2.24, 2.45) is 0 Å². The van der Waals surface area contributed by atoms with Crippen LogP contribution in [0.4, 0.5) is 0 Å². The first-order valence-electron chi connectivity index (χ1n) is 5.63. The van der Waals surface area contributed by atoms with Crippen molar-refractivity contribution in [1.82, 2.24) is 5.32 Å². The molecule has 0 aromatic heterocycles. The number of benzene rings is 1. The normalized spacial score (nSPS) is 28.7. The lowest BCUT2D eigenvalue weighted by Crippen LogP contribution is -2.52. The number of nitrogens with one attached hydrogen (secondary N) is 1. The zero-order valence-corrected chi connectivity index (χ0v) is 10.0. The molecule has 4 nitrogen and oxygen atoms in total. The third kappa shape index (κ3) is 1.49. The molecule has 1 amide bonds. The average molecular weight is 251 g/mol.